The quantitative estimate of drug-likeness (QED) is 0.829. The molecule has 0 radical (unpaired) electrons. The summed E-state index contributed by atoms with van der Waals surface area (Å²) in [4.78, 5) is 4.27. The first-order valence-electron chi connectivity index (χ1n) is 5.57. The molecule has 0 aromatic carbocycles. The van der Waals surface area contributed by atoms with Gasteiger partial charge in [-0.15, -0.1) is 0 Å². The summed E-state index contributed by atoms with van der Waals surface area (Å²) in [6, 6.07) is 3.79. The minimum atomic E-state index is 0.642. The minimum absolute atomic E-state index is 0.642. The smallest absolute Gasteiger partial charge is 0.183 e. The first-order chi connectivity index (χ1) is 7.90. The van der Waals surface area contributed by atoms with Crippen LogP contribution in [0.1, 0.15) is 6.92 Å². The van der Waals surface area contributed by atoms with Gasteiger partial charge < -0.3 is 9.47 Å². The Kier molecular flexibility index (Phi) is 3.96. The van der Waals surface area contributed by atoms with Crippen LogP contribution in [0, 0.1) is 0 Å². The van der Waals surface area contributed by atoms with E-state index in [1.165, 1.54) is 0 Å². The SMILES string of the molecule is CCOc1cccnc1NN1CCOCC1. The van der Waals surface area contributed by atoms with Crippen molar-refractivity contribution in [3.63, 3.8) is 0 Å². The highest BCUT2D eigenvalue weighted by molar-refractivity contribution is 5.48. The number of nitrogens with zero attached hydrogens (tertiary/aromatic N) is 2. The maximum Gasteiger partial charge on any atom is 0.183 e. The number of pyridine rings is 1. The summed E-state index contributed by atoms with van der Waals surface area (Å²) < 4.78 is 10.8. The summed E-state index contributed by atoms with van der Waals surface area (Å²) >= 11 is 0. The van der Waals surface area contributed by atoms with E-state index in [9.17, 15) is 0 Å². The molecule has 0 atom stereocenters. The third kappa shape index (κ3) is 2.84. The zero-order chi connectivity index (χ0) is 11.2. The van der Waals surface area contributed by atoms with Gasteiger partial charge in [-0.2, -0.15) is 0 Å². The maximum absolute atomic E-state index is 5.50. The molecule has 88 valence electrons. The lowest BCUT2D eigenvalue weighted by molar-refractivity contribution is 0.0493. The van der Waals surface area contributed by atoms with Crippen LogP contribution >= 0.6 is 0 Å². The molecular weight excluding hydrogens is 206 g/mol. The second kappa shape index (κ2) is 5.67. The number of hydrazine groups is 1. The summed E-state index contributed by atoms with van der Waals surface area (Å²) in [5.41, 5.74) is 3.25. The van der Waals surface area contributed by atoms with Gasteiger partial charge in [0.15, 0.2) is 11.6 Å². The first kappa shape index (κ1) is 11.2. The van der Waals surface area contributed by atoms with Crippen LogP contribution in [-0.2, 0) is 4.74 Å². The number of anilines is 1. The zero-order valence-corrected chi connectivity index (χ0v) is 9.48. The molecule has 5 nitrogen and oxygen atoms in total. The average molecular weight is 223 g/mol. The van der Waals surface area contributed by atoms with Crippen molar-refractivity contribution in [1.29, 1.82) is 0 Å². The van der Waals surface area contributed by atoms with Crippen molar-refractivity contribution in [3.8, 4) is 5.75 Å². The van der Waals surface area contributed by atoms with Crippen molar-refractivity contribution in [2.45, 2.75) is 6.92 Å². The van der Waals surface area contributed by atoms with Crippen LogP contribution < -0.4 is 10.2 Å². The van der Waals surface area contributed by atoms with E-state index in [0.29, 0.717) is 6.61 Å². The van der Waals surface area contributed by atoms with E-state index in [0.717, 1.165) is 37.9 Å². The molecule has 1 N–H and O–H groups in total. The Morgan fingerprint density at radius 1 is 1.50 bits per heavy atom. The molecule has 0 unspecified atom stereocenters. The fraction of sp³-hybridized carbons (Fsp3) is 0.545. The molecule has 1 aromatic heterocycles. The van der Waals surface area contributed by atoms with E-state index in [-0.39, 0.29) is 0 Å². The highest BCUT2D eigenvalue weighted by Gasteiger charge is 2.12. The molecule has 0 amide bonds. The number of hydrogen-bond donors (Lipinski definition) is 1. The van der Waals surface area contributed by atoms with Crippen molar-refractivity contribution in [2.75, 3.05) is 38.3 Å². The van der Waals surface area contributed by atoms with Gasteiger partial charge in [0.25, 0.3) is 0 Å². The Hall–Kier alpha value is -1.33. The molecule has 1 aromatic rings. The molecular formula is C11H17N3O2. The number of hydrogen-bond acceptors (Lipinski definition) is 5. The summed E-state index contributed by atoms with van der Waals surface area (Å²) in [7, 11) is 0. The number of nitrogens with one attached hydrogen (secondary N) is 1. The van der Waals surface area contributed by atoms with Gasteiger partial charge in [0.05, 0.1) is 19.8 Å². The van der Waals surface area contributed by atoms with E-state index >= 15 is 0 Å². The summed E-state index contributed by atoms with van der Waals surface area (Å²) in [5, 5.41) is 2.09. The van der Waals surface area contributed by atoms with Crippen LogP contribution in [0.2, 0.25) is 0 Å². The fourth-order valence-electron chi connectivity index (χ4n) is 1.57. The highest BCUT2D eigenvalue weighted by atomic mass is 16.5. The third-order valence-electron chi connectivity index (χ3n) is 2.35. The monoisotopic (exact) mass is 223 g/mol. The van der Waals surface area contributed by atoms with Gasteiger partial charge in [-0.05, 0) is 19.1 Å². The average Bonchev–Trinajstić information content (AvgIpc) is 2.33. The Bertz CT molecular complexity index is 327. The molecule has 0 bridgehead atoms. The number of rotatable bonds is 4. The second-order valence-corrected chi connectivity index (χ2v) is 3.49. The van der Waals surface area contributed by atoms with Crippen molar-refractivity contribution in [1.82, 2.24) is 9.99 Å². The molecule has 16 heavy (non-hydrogen) atoms. The molecule has 0 saturated carbocycles. The van der Waals surface area contributed by atoms with Crippen molar-refractivity contribution in [3.05, 3.63) is 18.3 Å². The summed E-state index contributed by atoms with van der Waals surface area (Å²) in [6.45, 7) is 5.84. The largest absolute Gasteiger partial charge is 0.490 e. The van der Waals surface area contributed by atoms with Gasteiger partial charge in [-0.25, -0.2) is 9.99 Å². The van der Waals surface area contributed by atoms with Gasteiger partial charge in [-0.3, -0.25) is 5.43 Å². The van der Waals surface area contributed by atoms with Gasteiger partial charge >= 0.3 is 0 Å². The molecule has 2 rings (SSSR count). The van der Waals surface area contributed by atoms with Crippen molar-refractivity contribution < 1.29 is 9.47 Å². The zero-order valence-electron chi connectivity index (χ0n) is 9.48. The van der Waals surface area contributed by atoms with Crippen LogP contribution in [0.4, 0.5) is 5.82 Å². The van der Waals surface area contributed by atoms with Gasteiger partial charge in [0.2, 0.25) is 0 Å². The molecule has 0 spiro atoms. The number of aromatic nitrogens is 1. The van der Waals surface area contributed by atoms with E-state index in [1.54, 1.807) is 6.20 Å². The summed E-state index contributed by atoms with van der Waals surface area (Å²) in [5.74, 6) is 1.56. The maximum atomic E-state index is 5.50. The lowest BCUT2D eigenvalue weighted by Gasteiger charge is -2.27. The fourth-order valence-corrected chi connectivity index (χ4v) is 1.57. The van der Waals surface area contributed by atoms with Crippen LogP contribution in [0.5, 0.6) is 5.75 Å². The Labute approximate surface area is 95.3 Å². The van der Waals surface area contributed by atoms with Crippen LogP contribution in [0.25, 0.3) is 0 Å². The molecule has 1 aliphatic rings. The number of ether oxygens (including phenoxy) is 2. The van der Waals surface area contributed by atoms with E-state index in [1.807, 2.05) is 19.1 Å². The molecule has 1 saturated heterocycles. The van der Waals surface area contributed by atoms with Crippen LogP contribution in [-0.4, -0.2) is 42.9 Å². The standard InChI is InChI=1S/C11H17N3O2/c1-2-16-10-4-3-5-12-11(10)13-14-6-8-15-9-7-14/h3-5H,2,6-9H2,1H3,(H,12,13). The lowest BCUT2D eigenvalue weighted by Crippen LogP contribution is -2.40. The molecule has 2 heterocycles. The van der Waals surface area contributed by atoms with Crippen LogP contribution in [0.3, 0.4) is 0 Å². The Balaban J connectivity index is 2.01. The first-order valence-corrected chi connectivity index (χ1v) is 5.57. The van der Waals surface area contributed by atoms with Gasteiger partial charge in [0, 0.05) is 19.3 Å². The molecule has 0 aliphatic carbocycles. The van der Waals surface area contributed by atoms with E-state index in [4.69, 9.17) is 9.47 Å². The Morgan fingerprint density at radius 3 is 3.06 bits per heavy atom. The third-order valence-corrected chi connectivity index (χ3v) is 2.35. The van der Waals surface area contributed by atoms with Crippen LogP contribution in [0.15, 0.2) is 18.3 Å². The number of morpholine rings is 1. The van der Waals surface area contributed by atoms with Gasteiger partial charge in [0.1, 0.15) is 0 Å². The minimum Gasteiger partial charge on any atom is -0.490 e. The Morgan fingerprint density at radius 2 is 2.31 bits per heavy atom. The topological polar surface area (TPSA) is 46.6 Å². The summed E-state index contributed by atoms with van der Waals surface area (Å²) in [6.07, 6.45) is 1.76. The predicted octanol–water partition coefficient (Wildman–Crippen LogP) is 1.14. The lowest BCUT2D eigenvalue weighted by atomic mass is 10.4. The molecule has 1 aliphatic heterocycles. The normalized spacial score (nSPS) is 17.1. The molecule has 5 heteroatoms. The second-order valence-electron chi connectivity index (χ2n) is 3.49. The van der Waals surface area contributed by atoms with E-state index in [2.05, 4.69) is 15.4 Å². The predicted molar refractivity (Wildman–Crippen MR) is 61.4 cm³/mol. The van der Waals surface area contributed by atoms with Gasteiger partial charge in [-0.1, -0.05) is 0 Å². The van der Waals surface area contributed by atoms with Crippen molar-refractivity contribution in [2.24, 2.45) is 0 Å². The van der Waals surface area contributed by atoms with E-state index < -0.39 is 0 Å². The van der Waals surface area contributed by atoms with Crippen molar-refractivity contribution >= 4 is 5.82 Å². The highest BCUT2D eigenvalue weighted by Crippen LogP contribution is 2.21. The molecule has 1 fully saturated rings.